The molecule has 0 fully saturated rings. The van der Waals surface area contributed by atoms with E-state index in [9.17, 15) is 4.79 Å². The Morgan fingerprint density at radius 3 is 2.54 bits per heavy atom. The van der Waals surface area contributed by atoms with Crippen molar-refractivity contribution in [2.45, 2.75) is 32.6 Å². The van der Waals surface area contributed by atoms with E-state index < -0.39 is 5.91 Å². The highest BCUT2D eigenvalue weighted by Gasteiger charge is 2.17. The minimum Gasteiger partial charge on any atom is -0.364 e. The second-order valence-electron chi connectivity index (χ2n) is 6.68. The maximum absolute atomic E-state index is 11.6. The van der Waals surface area contributed by atoms with Gasteiger partial charge in [-0.1, -0.05) is 50.2 Å². The maximum Gasteiger partial charge on any atom is 0.265 e. The predicted octanol–water partition coefficient (Wildman–Crippen LogP) is 3.81. The van der Waals surface area contributed by atoms with Gasteiger partial charge in [0.05, 0.1) is 5.69 Å². The lowest BCUT2D eigenvalue weighted by Gasteiger charge is -2.18. The molecule has 0 radical (unpaired) electrons. The van der Waals surface area contributed by atoms with Crippen molar-refractivity contribution in [3.8, 4) is 0 Å². The van der Waals surface area contributed by atoms with Crippen LogP contribution in [0.5, 0.6) is 0 Å². The molecule has 3 rings (SSSR count). The van der Waals surface area contributed by atoms with Crippen LogP contribution >= 0.6 is 0 Å². The molecule has 2 aromatic heterocycles. The third kappa shape index (κ3) is 3.48. The maximum atomic E-state index is 11.6. The van der Waals surface area contributed by atoms with E-state index in [2.05, 4.69) is 43.1 Å². The number of nitrogens with zero attached hydrogens (tertiary/aromatic N) is 2. The Labute approximate surface area is 142 Å². The van der Waals surface area contributed by atoms with E-state index in [1.165, 1.54) is 5.56 Å². The Morgan fingerprint density at radius 1 is 1.12 bits per heavy atom. The number of rotatable bonds is 6. The number of primary amides is 1. The van der Waals surface area contributed by atoms with Crippen LogP contribution in [0.2, 0.25) is 0 Å². The van der Waals surface area contributed by atoms with Gasteiger partial charge in [-0.25, -0.2) is 4.98 Å². The molecule has 1 amide bonds. The molecule has 0 aliphatic heterocycles. The number of fused-ring (bicyclic) bond motifs is 1. The molecule has 4 heteroatoms. The Balaban J connectivity index is 1.94. The smallest absolute Gasteiger partial charge is 0.265 e. The summed E-state index contributed by atoms with van der Waals surface area (Å²) >= 11 is 0. The van der Waals surface area contributed by atoms with Gasteiger partial charge in [-0.05, 0) is 42.4 Å². The van der Waals surface area contributed by atoms with Crippen LogP contribution in [0.3, 0.4) is 0 Å². The zero-order chi connectivity index (χ0) is 17.1. The van der Waals surface area contributed by atoms with Crippen molar-refractivity contribution in [2.24, 2.45) is 11.7 Å². The van der Waals surface area contributed by atoms with Crippen molar-refractivity contribution in [2.75, 3.05) is 0 Å². The van der Waals surface area contributed by atoms with E-state index in [-0.39, 0.29) is 0 Å². The summed E-state index contributed by atoms with van der Waals surface area (Å²) in [6, 6.07) is 16.0. The summed E-state index contributed by atoms with van der Waals surface area (Å²) in [7, 11) is 0. The molecule has 2 N–H and O–H groups in total. The number of hydrogen-bond acceptors (Lipinski definition) is 2. The number of carbonyl (C=O) groups is 1. The number of pyridine rings is 1. The summed E-state index contributed by atoms with van der Waals surface area (Å²) in [5, 5.41) is 0. The average molecular weight is 321 g/mol. The number of aromatic nitrogens is 2. The minimum absolute atomic E-state index is 0.410. The van der Waals surface area contributed by atoms with Gasteiger partial charge in [0, 0.05) is 6.20 Å². The number of hydrogen-bond donors (Lipinski definition) is 1. The first-order valence-electron chi connectivity index (χ1n) is 8.36. The van der Waals surface area contributed by atoms with Crippen molar-refractivity contribution in [1.29, 1.82) is 0 Å². The molecule has 0 saturated heterocycles. The normalized spacial score (nSPS) is 12.6. The molecule has 2 heterocycles. The van der Waals surface area contributed by atoms with E-state index in [1.807, 2.05) is 24.4 Å². The van der Waals surface area contributed by atoms with Gasteiger partial charge in [-0.15, -0.1) is 0 Å². The monoisotopic (exact) mass is 321 g/mol. The second kappa shape index (κ2) is 6.87. The number of carbonyl (C=O) groups excluding carboxylic acids is 1. The molecule has 0 saturated carbocycles. The predicted molar refractivity (Wildman–Crippen MR) is 96.1 cm³/mol. The Kier molecular flexibility index (Phi) is 4.65. The van der Waals surface area contributed by atoms with Gasteiger partial charge in [-0.3, -0.25) is 9.20 Å². The van der Waals surface area contributed by atoms with Crippen LogP contribution in [0.25, 0.3) is 5.65 Å². The van der Waals surface area contributed by atoms with Crippen molar-refractivity contribution in [3.63, 3.8) is 0 Å². The van der Waals surface area contributed by atoms with Gasteiger partial charge in [0.1, 0.15) is 11.3 Å². The standard InChI is InChI=1S/C20H23N3O/c1-14(2)11-16(15-7-4-3-5-8-15)12-17-13-23-18(20(21)24)9-6-10-19(23)22-17/h3-10,13-14,16H,11-12H2,1-2H3,(H2,21,24). The topological polar surface area (TPSA) is 60.4 Å². The summed E-state index contributed by atoms with van der Waals surface area (Å²) in [6.07, 6.45) is 3.88. The average Bonchev–Trinajstić information content (AvgIpc) is 2.96. The summed E-state index contributed by atoms with van der Waals surface area (Å²) < 4.78 is 1.79. The fourth-order valence-corrected chi connectivity index (χ4v) is 3.24. The molecule has 0 aliphatic rings. The first kappa shape index (κ1) is 16.2. The quantitative estimate of drug-likeness (QED) is 0.750. The van der Waals surface area contributed by atoms with Gasteiger partial charge in [0.15, 0.2) is 0 Å². The fourth-order valence-electron chi connectivity index (χ4n) is 3.24. The second-order valence-corrected chi connectivity index (χ2v) is 6.68. The highest BCUT2D eigenvalue weighted by molar-refractivity contribution is 5.91. The van der Waals surface area contributed by atoms with Gasteiger partial charge in [0.25, 0.3) is 5.91 Å². The van der Waals surface area contributed by atoms with Crippen LogP contribution in [0.1, 0.15) is 47.9 Å². The van der Waals surface area contributed by atoms with Crippen LogP contribution in [-0.4, -0.2) is 15.3 Å². The molecular weight excluding hydrogens is 298 g/mol. The van der Waals surface area contributed by atoms with Gasteiger partial charge < -0.3 is 5.73 Å². The number of nitrogens with two attached hydrogens (primary N) is 1. The molecule has 1 unspecified atom stereocenters. The van der Waals surface area contributed by atoms with Gasteiger partial charge in [0.2, 0.25) is 0 Å². The van der Waals surface area contributed by atoms with Crippen molar-refractivity contribution < 1.29 is 4.79 Å². The molecule has 1 aromatic carbocycles. The third-order valence-corrected chi connectivity index (χ3v) is 4.28. The lowest BCUT2D eigenvalue weighted by atomic mass is 9.87. The zero-order valence-corrected chi connectivity index (χ0v) is 14.1. The highest BCUT2D eigenvalue weighted by Crippen LogP contribution is 2.27. The zero-order valence-electron chi connectivity index (χ0n) is 14.1. The van der Waals surface area contributed by atoms with Crippen LogP contribution in [-0.2, 0) is 6.42 Å². The molecule has 24 heavy (non-hydrogen) atoms. The lowest BCUT2D eigenvalue weighted by molar-refractivity contribution is 0.0994. The van der Waals surface area contributed by atoms with E-state index in [4.69, 9.17) is 5.73 Å². The van der Waals surface area contributed by atoms with E-state index in [0.29, 0.717) is 17.5 Å². The van der Waals surface area contributed by atoms with Crippen LogP contribution in [0.4, 0.5) is 0 Å². The van der Waals surface area contributed by atoms with Crippen LogP contribution in [0, 0.1) is 5.92 Å². The summed E-state index contributed by atoms with van der Waals surface area (Å²) in [5.41, 5.74) is 9.00. The Morgan fingerprint density at radius 2 is 1.88 bits per heavy atom. The van der Waals surface area contributed by atoms with Crippen molar-refractivity contribution >= 4 is 11.6 Å². The largest absolute Gasteiger partial charge is 0.364 e. The first-order valence-corrected chi connectivity index (χ1v) is 8.36. The molecule has 124 valence electrons. The summed E-state index contributed by atoms with van der Waals surface area (Å²) in [6.45, 7) is 4.48. The highest BCUT2D eigenvalue weighted by atomic mass is 16.1. The third-order valence-electron chi connectivity index (χ3n) is 4.28. The Bertz CT molecular complexity index is 836. The molecular formula is C20H23N3O. The summed E-state index contributed by atoms with van der Waals surface area (Å²) in [4.78, 5) is 16.3. The number of imidazole rings is 1. The Hall–Kier alpha value is -2.62. The molecule has 3 aromatic rings. The van der Waals surface area contributed by atoms with Crippen LogP contribution in [0.15, 0.2) is 54.7 Å². The molecule has 4 nitrogen and oxygen atoms in total. The molecule has 1 atom stereocenters. The summed E-state index contributed by atoms with van der Waals surface area (Å²) in [5.74, 6) is 0.577. The minimum atomic E-state index is -0.439. The molecule has 0 aliphatic carbocycles. The van der Waals surface area contributed by atoms with Gasteiger partial charge in [-0.2, -0.15) is 0 Å². The fraction of sp³-hybridized carbons (Fsp3) is 0.300. The van der Waals surface area contributed by atoms with Gasteiger partial charge >= 0.3 is 0 Å². The van der Waals surface area contributed by atoms with Crippen molar-refractivity contribution in [3.05, 3.63) is 71.7 Å². The first-order chi connectivity index (χ1) is 11.5. The number of amides is 1. The SMILES string of the molecule is CC(C)CC(Cc1cn2c(C(N)=O)cccc2n1)c1ccccc1. The van der Waals surface area contributed by atoms with E-state index in [0.717, 1.165) is 24.2 Å². The lowest BCUT2D eigenvalue weighted by Crippen LogP contribution is -2.14. The van der Waals surface area contributed by atoms with Crippen molar-refractivity contribution in [1.82, 2.24) is 9.38 Å². The molecule has 0 spiro atoms. The number of benzene rings is 1. The van der Waals surface area contributed by atoms with Crippen LogP contribution < -0.4 is 5.73 Å². The van der Waals surface area contributed by atoms with E-state index in [1.54, 1.807) is 10.5 Å². The molecule has 0 bridgehead atoms. The van der Waals surface area contributed by atoms with E-state index >= 15 is 0 Å².